The standard InChI is InChI=1S/C22H29Cl2OPS/c1-2-3-14-25-15-18-26(27,16-12-19-4-8-21(23)9-5-19)17-13-20-6-10-22(24)11-7-20/h4-11H,2-3,12-18H2,1H3. The summed E-state index contributed by atoms with van der Waals surface area (Å²) in [6, 6.07) is 14.8. The summed E-state index contributed by atoms with van der Waals surface area (Å²) in [5, 5.41) is 1.57. The number of rotatable bonds is 12. The Morgan fingerprint density at radius 3 is 1.70 bits per heavy atom. The second kappa shape index (κ2) is 12.2. The van der Waals surface area contributed by atoms with Gasteiger partial charge in [-0.15, -0.1) is 0 Å². The van der Waals surface area contributed by atoms with Gasteiger partial charge in [-0.2, -0.15) is 0 Å². The number of unbranched alkanes of at least 4 members (excludes halogenated alkanes) is 1. The van der Waals surface area contributed by atoms with Crippen molar-refractivity contribution < 1.29 is 4.74 Å². The van der Waals surface area contributed by atoms with E-state index in [1.165, 1.54) is 17.5 Å². The van der Waals surface area contributed by atoms with Crippen molar-refractivity contribution in [2.24, 2.45) is 0 Å². The van der Waals surface area contributed by atoms with Crippen molar-refractivity contribution in [3.05, 3.63) is 69.7 Å². The zero-order valence-electron chi connectivity index (χ0n) is 16.0. The van der Waals surface area contributed by atoms with Gasteiger partial charge < -0.3 is 4.74 Å². The van der Waals surface area contributed by atoms with Crippen LogP contribution in [-0.2, 0) is 29.4 Å². The summed E-state index contributed by atoms with van der Waals surface area (Å²) in [7, 11) is 0. The molecule has 0 aliphatic heterocycles. The first-order valence-electron chi connectivity index (χ1n) is 9.64. The van der Waals surface area contributed by atoms with E-state index in [1.54, 1.807) is 0 Å². The van der Waals surface area contributed by atoms with Crippen LogP contribution in [0.1, 0.15) is 30.9 Å². The minimum Gasteiger partial charge on any atom is -0.381 e. The van der Waals surface area contributed by atoms with Crippen molar-refractivity contribution >= 4 is 41.0 Å². The van der Waals surface area contributed by atoms with Gasteiger partial charge in [0.2, 0.25) is 0 Å². The maximum Gasteiger partial charge on any atom is 0.0512 e. The molecule has 0 fully saturated rings. The Kier molecular flexibility index (Phi) is 10.4. The highest BCUT2D eigenvalue weighted by Gasteiger charge is 2.17. The van der Waals surface area contributed by atoms with E-state index in [1.807, 2.05) is 24.3 Å². The molecule has 0 spiro atoms. The van der Waals surface area contributed by atoms with Crippen LogP contribution in [0.25, 0.3) is 0 Å². The van der Waals surface area contributed by atoms with Crippen LogP contribution in [0.15, 0.2) is 48.5 Å². The Balaban J connectivity index is 1.94. The van der Waals surface area contributed by atoms with Gasteiger partial charge in [0, 0.05) is 22.8 Å². The second-order valence-electron chi connectivity index (χ2n) is 6.95. The molecule has 0 N–H and O–H groups in total. The van der Waals surface area contributed by atoms with Gasteiger partial charge in [-0.1, -0.05) is 72.6 Å². The highest BCUT2D eigenvalue weighted by molar-refractivity contribution is 8.14. The SMILES string of the molecule is CCCCOCCP(=S)(CCc1ccc(Cl)cc1)CCc1ccc(Cl)cc1. The largest absolute Gasteiger partial charge is 0.381 e. The molecule has 0 amide bonds. The zero-order chi connectivity index (χ0) is 19.5. The number of hydrogen-bond acceptors (Lipinski definition) is 2. The molecular formula is C22H29Cl2OPS. The minimum absolute atomic E-state index is 0.783. The second-order valence-corrected chi connectivity index (χ2v) is 13.6. The highest BCUT2D eigenvalue weighted by atomic mass is 35.5. The molecule has 0 aromatic heterocycles. The van der Waals surface area contributed by atoms with E-state index in [-0.39, 0.29) is 0 Å². The molecule has 0 saturated heterocycles. The topological polar surface area (TPSA) is 9.23 Å². The Labute approximate surface area is 179 Å². The van der Waals surface area contributed by atoms with E-state index in [4.69, 9.17) is 39.7 Å². The predicted octanol–water partition coefficient (Wildman–Crippen LogP) is 7.07. The molecule has 148 valence electrons. The fourth-order valence-corrected chi connectivity index (χ4v) is 6.37. The number of benzene rings is 2. The molecule has 0 unspecified atom stereocenters. The Bertz CT molecular complexity index is 663. The normalized spacial score (nSPS) is 11.7. The van der Waals surface area contributed by atoms with Gasteiger partial charge in [-0.05, 0) is 73.0 Å². The number of halogens is 2. The summed E-state index contributed by atoms with van der Waals surface area (Å²) < 4.78 is 5.83. The minimum atomic E-state index is -1.48. The molecule has 1 nitrogen and oxygen atoms in total. The van der Waals surface area contributed by atoms with Crippen LogP contribution in [-0.4, -0.2) is 31.7 Å². The maximum atomic E-state index is 6.21. The van der Waals surface area contributed by atoms with Gasteiger partial charge >= 0.3 is 0 Å². The summed E-state index contributed by atoms with van der Waals surface area (Å²) in [6.07, 6.45) is 7.50. The lowest BCUT2D eigenvalue weighted by Gasteiger charge is -2.22. The first kappa shape index (κ1) is 22.9. The zero-order valence-corrected chi connectivity index (χ0v) is 19.2. The van der Waals surface area contributed by atoms with Crippen LogP contribution in [0, 0.1) is 0 Å². The first-order valence-corrected chi connectivity index (χ1v) is 13.8. The monoisotopic (exact) mass is 442 g/mol. The van der Waals surface area contributed by atoms with Crippen molar-refractivity contribution in [1.29, 1.82) is 0 Å². The molecular weight excluding hydrogens is 414 g/mol. The van der Waals surface area contributed by atoms with Crippen molar-refractivity contribution in [1.82, 2.24) is 0 Å². The number of ether oxygens (including phenoxy) is 1. The van der Waals surface area contributed by atoms with Crippen molar-refractivity contribution in [2.75, 3.05) is 31.7 Å². The van der Waals surface area contributed by atoms with Crippen molar-refractivity contribution in [3.63, 3.8) is 0 Å². The van der Waals surface area contributed by atoms with Crippen molar-refractivity contribution in [2.45, 2.75) is 32.6 Å². The summed E-state index contributed by atoms with van der Waals surface area (Å²) >= 11 is 18.2. The summed E-state index contributed by atoms with van der Waals surface area (Å²) in [6.45, 7) is 3.82. The van der Waals surface area contributed by atoms with Crippen LogP contribution < -0.4 is 0 Å². The molecule has 5 heteroatoms. The molecule has 0 atom stereocenters. The third-order valence-electron chi connectivity index (χ3n) is 4.73. The van der Waals surface area contributed by atoms with E-state index in [0.29, 0.717) is 0 Å². The van der Waals surface area contributed by atoms with Gasteiger partial charge in [-0.25, -0.2) is 0 Å². The molecule has 2 aromatic rings. The van der Waals surface area contributed by atoms with Gasteiger partial charge in [0.1, 0.15) is 0 Å². The van der Waals surface area contributed by atoms with E-state index in [9.17, 15) is 0 Å². The molecule has 0 aliphatic carbocycles. The van der Waals surface area contributed by atoms with Gasteiger partial charge in [0.05, 0.1) is 6.61 Å². The fraction of sp³-hybridized carbons (Fsp3) is 0.455. The molecule has 0 saturated carbocycles. The van der Waals surface area contributed by atoms with Crippen molar-refractivity contribution in [3.8, 4) is 0 Å². The summed E-state index contributed by atoms with van der Waals surface area (Å²) in [5.74, 6) is 0. The molecule has 2 aromatic carbocycles. The highest BCUT2D eigenvalue weighted by Crippen LogP contribution is 2.46. The van der Waals surface area contributed by atoms with Gasteiger partial charge in [-0.3, -0.25) is 0 Å². The molecule has 0 radical (unpaired) electrons. The molecule has 2 rings (SSSR count). The third kappa shape index (κ3) is 9.11. The van der Waals surface area contributed by atoms with Crippen LogP contribution in [0.3, 0.4) is 0 Å². The Morgan fingerprint density at radius 2 is 1.26 bits per heavy atom. The van der Waals surface area contributed by atoms with Gasteiger partial charge in [0.15, 0.2) is 0 Å². The quantitative estimate of drug-likeness (QED) is 0.256. The number of hydrogen-bond donors (Lipinski definition) is 0. The molecule has 0 aliphatic rings. The molecule has 27 heavy (non-hydrogen) atoms. The number of aryl methyl sites for hydroxylation is 2. The molecule has 0 heterocycles. The van der Waals surface area contributed by atoms with E-state index in [2.05, 4.69) is 31.2 Å². The first-order chi connectivity index (χ1) is 13.0. The van der Waals surface area contributed by atoms with E-state index < -0.39 is 6.04 Å². The Morgan fingerprint density at radius 1 is 0.778 bits per heavy atom. The van der Waals surface area contributed by atoms with Crippen LogP contribution in [0.5, 0.6) is 0 Å². The summed E-state index contributed by atoms with van der Waals surface area (Å²) in [5.41, 5.74) is 2.62. The van der Waals surface area contributed by atoms with Crippen LogP contribution >= 0.6 is 29.2 Å². The van der Waals surface area contributed by atoms with Gasteiger partial charge in [0.25, 0.3) is 0 Å². The fourth-order valence-electron chi connectivity index (χ4n) is 2.88. The lowest BCUT2D eigenvalue weighted by Crippen LogP contribution is -2.10. The smallest absolute Gasteiger partial charge is 0.0512 e. The molecule has 0 bridgehead atoms. The van der Waals surface area contributed by atoms with E-state index in [0.717, 1.165) is 61.0 Å². The third-order valence-corrected chi connectivity index (χ3v) is 9.95. The average molecular weight is 443 g/mol. The van der Waals surface area contributed by atoms with E-state index >= 15 is 0 Å². The maximum absolute atomic E-state index is 6.21. The van der Waals surface area contributed by atoms with Crippen LogP contribution in [0.2, 0.25) is 10.0 Å². The average Bonchev–Trinajstić information content (AvgIpc) is 2.67. The Hall–Kier alpha value is -0.370. The lowest BCUT2D eigenvalue weighted by atomic mass is 10.2. The predicted molar refractivity (Wildman–Crippen MR) is 125 cm³/mol. The lowest BCUT2D eigenvalue weighted by molar-refractivity contribution is 0.146. The summed E-state index contributed by atoms with van der Waals surface area (Å²) in [4.78, 5) is 0. The van der Waals surface area contributed by atoms with Crippen LogP contribution in [0.4, 0.5) is 0 Å².